The van der Waals surface area contributed by atoms with Crippen molar-refractivity contribution in [1.82, 2.24) is 29.2 Å². The van der Waals surface area contributed by atoms with E-state index in [0.29, 0.717) is 37.4 Å². The molecule has 3 aromatic heterocycles. The minimum atomic E-state index is -0.433. The number of fused-ring (bicyclic) bond motifs is 4. The molecular weight excluding hydrogens is 447 g/mol. The first kappa shape index (κ1) is 22.0. The third-order valence-electron chi connectivity index (χ3n) is 7.77. The third kappa shape index (κ3) is 3.57. The standard InChI is InChI=1S/C25H29FN8O/c1-16-9-19-21(13-31(16)15-24(35)30-7-3-4-8-30)29-33-17(2)12-32(14-23(19)33)22-6-5-18(10-27)34-25(22)20(26)11-28-34/h5-6,11,16-17H,3-4,7-9,12-15H2,1-2H3/t16-,17+/m0/s1. The van der Waals surface area contributed by atoms with Gasteiger partial charge in [-0.3, -0.25) is 14.4 Å². The number of hydrogen-bond acceptors (Lipinski definition) is 6. The molecule has 6 rings (SSSR count). The number of aromatic nitrogens is 4. The summed E-state index contributed by atoms with van der Waals surface area (Å²) in [5.74, 6) is -0.216. The molecular formula is C25H29FN8O. The van der Waals surface area contributed by atoms with E-state index in [1.807, 2.05) is 11.0 Å². The zero-order valence-electron chi connectivity index (χ0n) is 20.1. The van der Waals surface area contributed by atoms with Gasteiger partial charge < -0.3 is 9.80 Å². The lowest BCUT2D eigenvalue weighted by Gasteiger charge is -2.36. The zero-order valence-corrected chi connectivity index (χ0v) is 20.1. The number of carbonyl (C=O) groups excluding carboxylic acids is 1. The Balaban J connectivity index is 1.29. The van der Waals surface area contributed by atoms with E-state index in [1.165, 1.54) is 16.3 Å². The predicted molar refractivity (Wildman–Crippen MR) is 127 cm³/mol. The molecule has 0 aromatic carbocycles. The summed E-state index contributed by atoms with van der Waals surface area (Å²) in [5.41, 5.74) is 4.81. The van der Waals surface area contributed by atoms with Crippen molar-refractivity contribution in [2.75, 3.05) is 31.1 Å². The molecule has 1 fully saturated rings. The Morgan fingerprint density at radius 3 is 2.77 bits per heavy atom. The van der Waals surface area contributed by atoms with Gasteiger partial charge in [0, 0.05) is 37.8 Å². The molecule has 3 aliphatic heterocycles. The van der Waals surface area contributed by atoms with Crippen molar-refractivity contribution in [1.29, 1.82) is 5.26 Å². The molecule has 1 saturated heterocycles. The second-order valence-electron chi connectivity index (χ2n) is 10.1. The first-order chi connectivity index (χ1) is 16.9. The summed E-state index contributed by atoms with van der Waals surface area (Å²) < 4.78 is 18.2. The van der Waals surface area contributed by atoms with Crippen LogP contribution in [0.1, 0.15) is 55.4 Å². The van der Waals surface area contributed by atoms with Crippen LogP contribution in [0.3, 0.4) is 0 Å². The maximum Gasteiger partial charge on any atom is 0.236 e. The number of pyridine rings is 1. The lowest BCUT2D eigenvalue weighted by Crippen LogP contribution is -2.45. The van der Waals surface area contributed by atoms with Gasteiger partial charge in [-0.15, -0.1) is 0 Å². The van der Waals surface area contributed by atoms with Gasteiger partial charge in [0.05, 0.1) is 42.4 Å². The van der Waals surface area contributed by atoms with E-state index >= 15 is 0 Å². The lowest BCUT2D eigenvalue weighted by molar-refractivity contribution is -0.132. The molecule has 0 aliphatic carbocycles. The number of hydrogen-bond donors (Lipinski definition) is 0. The fraction of sp³-hybridized carbons (Fsp3) is 0.520. The maximum absolute atomic E-state index is 14.7. The summed E-state index contributed by atoms with van der Waals surface area (Å²) in [4.78, 5) is 19.2. The van der Waals surface area contributed by atoms with Gasteiger partial charge in [0.2, 0.25) is 5.91 Å². The molecule has 0 radical (unpaired) electrons. The highest BCUT2D eigenvalue weighted by Crippen LogP contribution is 2.35. The van der Waals surface area contributed by atoms with E-state index in [9.17, 15) is 14.4 Å². The van der Waals surface area contributed by atoms with Gasteiger partial charge in [-0.25, -0.2) is 8.91 Å². The highest BCUT2D eigenvalue weighted by molar-refractivity contribution is 5.78. The zero-order chi connectivity index (χ0) is 24.3. The summed E-state index contributed by atoms with van der Waals surface area (Å²) >= 11 is 0. The van der Waals surface area contributed by atoms with Crippen LogP contribution in [0.25, 0.3) is 5.52 Å². The van der Waals surface area contributed by atoms with E-state index in [0.717, 1.165) is 49.4 Å². The first-order valence-corrected chi connectivity index (χ1v) is 12.4. The van der Waals surface area contributed by atoms with Gasteiger partial charge in [0.15, 0.2) is 5.82 Å². The fourth-order valence-corrected chi connectivity index (χ4v) is 5.89. The van der Waals surface area contributed by atoms with Crippen LogP contribution in [0.5, 0.6) is 0 Å². The molecule has 0 saturated carbocycles. The number of amides is 1. The number of halogens is 1. The van der Waals surface area contributed by atoms with Crippen molar-refractivity contribution in [2.45, 2.75) is 58.3 Å². The van der Waals surface area contributed by atoms with E-state index in [1.54, 1.807) is 6.07 Å². The molecule has 0 bridgehead atoms. The smallest absolute Gasteiger partial charge is 0.236 e. The second kappa shape index (κ2) is 8.34. The monoisotopic (exact) mass is 476 g/mol. The molecule has 9 nitrogen and oxygen atoms in total. The van der Waals surface area contributed by atoms with Gasteiger partial charge in [-0.2, -0.15) is 15.5 Å². The van der Waals surface area contributed by atoms with E-state index in [-0.39, 0.29) is 18.0 Å². The molecule has 35 heavy (non-hydrogen) atoms. The molecule has 0 unspecified atom stereocenters. The second-order valence-corrected chi connectivity index (χ2v) is 10.1. The van der Waals surface area contributed by atoms with Crippen molar-refractivity contribution in [3.63, 3.8) is 0 Å². The van der Waals surface area contributed by atoms with Gasteiger partial charge in [0.1, 0.15) is 17.3 Å². The van der Waals surface area contributed by atoms with Crippen LogP contribution in [0.4, 0.5) is 10.1 Å². The van der Waals surface area contributed by atoms with Crippen LogP contribution in [0.2, 0.25) is 0 Å². The molecule has 3 aromatic rings. The molecule has 2 atom stereocenters. The molecule has 1 amide bonds. The Bertz CT molecular complexity index is 1350. The topological polar surface area (TPSA) is 85.7 Å². The van der Waals surface area contributed by atoms with Gasteiger partial charge in [-0.05, 0) is 45.2 Å². The molecule has 0 spiro atoms. The number of rotatable bonds is 3. The van der Waals surface area contributed by atoms with Crippen molar-refractivity contribution in [3.05, 3.63) is 46.8 Å². The highest BCUT2D eigenvalue weighted by Gasteiger charge is 2.35. The Labute approximate surface area is 203 Å². The van der Waals surface area contributed by atoms with Crippen LogP contribution >= 0.6 is 0 Å². The van der Waals surface area contributed by atoms with Crippen molar-refractivity contribution >= 4 is 17.1 Å². The molecule has 182 valence electrons. The van der Waals surface area contributed by atoms with Gasteiger partial charge in [-0.1, -0.05) is 0 Å². The lowest BCUT2D eigenvalue weighted by atomic mass is 9.97. The molecule has 0 N–H and O–H groups in total. The average molecular weight is 477 g/mol. The van der Waals surface area contributed by atoms with Crippen LogP contribution < -0.4 is 4.90 Å². The summed E-state index contributed by atoms with van der Waals surface area (Å²) in [6, 6.07) is 5.93. The van der Waals surface area contributed by atoms with Gasteiger partial charge in [0.25, 0.3) is 0 Å². The number of anilines is 1. The highest BCUT2D eigenvalue weighted by atomic mass is 19.1. The largest absolute Gasteiger partial charge is 0.362 e. The van der Waals surface area contributed by atoms with E-state index < -0.39 is 5.82 Å². The van der Waals surface area contributed by atoms with Crippen LogP contribution in [0, 0.1) is 17.1 Å². The Morgan fingerprint density at radius 2 is 2.00 bits per heavy atom. The van der Waals surface area contributed by atoms with E-state index in [2.05, 4.69) is 39.5 Å². The minimum absolute atomic E-state index is 0.0982. The van der Waals surface area contributed by atoms with Crippen molar-refractivity contribution in [2.24, 2.45) is 0 Å². The molecule has 10 heteroatoms. The molecule has 3 aliphatic rings. The van der Waals surface area contributed by atoms with Crippen molar-refractivity contribution in [3.8, 4) is 6.07 Å². The third-order valence-corrected chi connectivity index (χ3v) is 7.77. The average Bonchev–Trinajstić information content (AvgIpc) is 3.59. The minimum Gasteiger partial charge on any atom is -0.362 e. The van der Waals surface area contributed by atoms with Crippen LogP contribution in [-0.2, 0) is 24.3 Å². The molecule has 6 heterocycles. The number of nitrogens with zero attached hydrogens (tertiary/aromatic N) is 8. The number of carbonyl (C=O) groups is 1. The Morgan fingerprint density at radius 1 is 1.20 bits per heavy atom. The van der Waals surface area contributed by atoms with Crippen molar-refractivity contribution < 1.29 is 9.18 Å². The number of nitriles is 1. The van der Waals surface area contributed by atoms with Crippen LogP contribution in [-0.4, -0.2) is 67.3 Å². The SMILES string of the molecule is C[C@@H]1CN(c2ccc(C#N)n3ncc(F)c23)Cc2c3c(nn21)CN(CC(=O)N1CCCC1)[C@@H](C)C3. The maximum atomic E-state index is 14.7. The summed E-state index contributed by atoms with van der Waals surface area (Å²) in [5, 5.41) is 18.5. The quantitative estimate of drug-likeness (QED) is 0.578. The predicted octanol–water partition coefficient (Wildman–Crippen LogP) is 2.49. The van der Waals surface area contributed by atoms with Crippen LogP contribution in [0.15, 0.2) is 18.3 Å². The number of likely N-dealkylation sites (tertiary alicyclic amines) is 1. The fourth-order valence-electron chi connectivity index (χ4n) is 5.89. The first-order valence-electron chi connectivity index (χ1n) is 12.4. The Hall–Kier alpha value is -3.45. The Kier molecular flexibility index (Phi) is 5.25. The summed E-state index contributed by atoms with van der Waals surface area (Å²) in [6.07, 6.45) is 4.20. The normalized spacial score (nSPS) is 22.3. The summed E-state index contributed by atoms with van der Waals surface area (Å²) in [7, 11) is 0. The van der Waals surface area contributed by atoms with Gasteiger partial charge >= 0.3 is 0 Å². The van der Waals surface area contributed by atoms with E-state index in [4.69, 9.17) is 5.10 Å². The summed E-state index contributed by atoms with van der Waals surface area (Å²) in [6.45, 7) is 8.44.